The smallest absolute Gasteiger partial charge is 0.219 e. The molecule has 0 amide bonds. The molecule has 2 aliphatic heterocycles. The van der Waals surface area contributed by atoms with Gasteiger partial charge in [0, 0.05) is 36.6 Å². The molecule has 194 valence electrons. The Balaban J connectivity index is 1.33. The summed E-state index contributed by atoms with van der Waals surface area (Å²) in [6, 6.07) is 2.25. The van der Waals surface area contributed by atoms with Crippen molar-refractivity contribution in [3.63, 3.8) is 0 Å². The van der Waals surface area contributed by atoms with Gasteiger partial charge in [-0.2, -0.15) is 4.98 Å². The second-order valence-corrected chi connectivity index (χ2v) is 11.1. The maximum absolute atomic E-state index is 13.1. The van der Waals surface area contributed by atoms with E-state index in [0.29, 0.717) is 47.4 Å². The Labute approximate surface area is 212 Å². The van der Waals surface area contributed by atoms with Gasteiger partial charge in [0.05, 0.1) is 18.6 Å². The number of hydrogen-bond donors (Lipinski definition) is 1. The van der Waals surface area contributed by atoms with Gasteiger partial charge in [0.15, 0.2) is 17.3 Å². The van der Waals surface area contributed by atoms with Gasteiger partial charge < -0.3 is 19.3 Å². The molecule has 1 saturated carbocycles. The number of ketones is 1. The average molecular weight is 496 g/mol. The van der Waals surface area contributed by atoms with Gasteiger partial charge >= 0.3 is 0 Å². The molecule has 0 bridgehead atoms. The third-order valence-corrected chi connectivity index (χ3v) is 8.66. The number of ether oxygens (including phenoxy) is 2. The molecular weight excluding hydrogens is 458 g/mol. The molecule has 9 heteroatoms. The molecule has 1 N–H and O–H groups in total. The van der Waals surface area contributed by atoms with E-state index < -0.39 is 5.41 Å². The summed E-state index contributed by atoms with van der Waals surface area (Å²) in [7, 11) is 2.15. The molecule has 1 spiro atoms. The molecule has 0 unspecified atom stereocenters. The fourth-order valence-electron chi connectivity index (χ4n) is 6.50. The number of likely N-dealkylation sites (N-methyl/N-ethyl adjacent to an activating group) is 1. The number of anilines is 1. The Morgan fingerprint density at radius 2 is 2.06 bits per heavy atom. The second-order valence-electron chi connectivity index (χ2n) is 11.1. The van der Waals surface area contributed by atoms with Crippen LogP contribution < -0.4 is 10.1 Å². The molecule has 2 saturated heterocycles. The van der Waals surface area contributed by atoms with Crippen LogP contribution in [-0.4, -0.2) is 71.3 Å². The zero-order valence-electron chi connectivity index (χ0n) is 21.4. The predicted molar refractivity (Wildman–Crippen MR) is 134 cm³/mol. The summed E-state index contributed by atoms with van der Waals surface area (Å²) >= 11 is 0. The highest BCUT2D eigenvalue weighted by Gasteiger charge is 2.48. The van der Waals surface area contributed by atoms with Crippen molar-refractivity contribution in [2.24, 2.45) is 5.92 Å². The van der Waals surface area contributed by atoms with E-state index in [-0.39, 0.29) is 6.10 Å². The molecule has 6 rings (SSSR count). The summed E-state index contributed by atoms with van der Waals surface area (Å²) in [6.45, 7) is 5.53. The van der Waals surface area contributed by atoms with Crippen LogP contribution in [0, 0.1) is 5.92 Å². The largest absolute Gasteiger partial charge is 0.473 e. The van der Waals surface area contributed by atoms with Crippen molar-refractivity contribution in [3.05, 3.63) is 17.4 Å². The number of carbonyl (C=O) groups excluding carboxylic acids is 1. The molecule has 3 fully saturated rings. The first kappa shape index (κ1) is 23.9. The summed E-state index contributed by atoms with van der Waals surface area (Å²) in [5, 5.41) is 7.91. The van der Waals surface area contributed by atoms with Gasteiger partial charge in [-0.1, -0.05) is 11.6 Å². The Morgan fingerprint density at radius 3 is 2.81 bits per heavy atom. The first-order valence-corrected chi connectivity index (χ1v) is 13.6. The van der Waals surface area contributed by atoms with Crippen molar-refractivity contribution < 1.29 is 18.8 Å². The molecule has 0 radical (unpaired) electrons. The Hall–Kier alpha value is -2.52. The minimum Gasteiger partial charge on any atom is -0.473 e. The van der Waals surface area contributed by atoms with Crippen LogP contribution >= 0.6 is 0 Å². The Morgan fingerprint density at radius 1 is 1.19 bits per heavy atom. The summed E-state index contributed by atoms with van der Waals surface area (Å²) in [6.07, 6.45) is 8.41. The van der Waals surface area contributed by atoms with E-state index in [1.165, 1.54) is 6.42 Å². The van der Waals surface area contributed by atoms with Crippen LogP contribution in [0.2, 0.25) is 0 Å². The van der Waals surface area contributed by atoms with Gasteiger partial charge in [-0.15, -0.1) is 0 Å². The average Bonchev–Trinajstić information content (AvgIpc) is 3.47. The van der Waals surface area contributed by atoms with E-state index in [4.69, 9.17) is 24.0 Å². The number of hydrogen-bond acceptors (Lipinski definition) is 9. The van der Waals surface area contributed by atoms with E-state index in [9.17, 15) is 4.79 Å². The normalized spacial score (nSPS) is 27.6. The van der Waals surface area contributed by atoms with E-state index in [1.807, 2.05) is 6.07 Å². The highest BCUT2D eigenvalue weighted by Crippen LogP contribution is 2.47. The number of carbonyl (C=O) groups is 1. The highest BCUT2D eigenvalue weighted by molar-refractivity contribution is 5.91. The lowest BCUT2D eigenvalue weighted by atomic mass is 9.64. The summed E-state index contributed by atoms with van der Waals surface area (Å²) in [5.74, 6) is 3.29. The first-order chi connectivity index (χ1) is 17.5. The first-order valence-electron chi connectivity index (χ1n) is 13.6. The molecule has 3 atom stereocenters. The lowest BCUT2D eigenvalue weighted by Gasteiger charge is -2.36. The Kier molecular flexibility index (Phi) is 6.46. The zero-order chi connectivity index (χ0) is 24.7. The topological polar surface area (TPSA) is 103 Å². The third kappa shape index (κ3) is 4.30. The van der Waals surface area contributed by atoms with Crippen LogP contribution in [0.3, 0.4) is 0 Å². The fraction of sp³-hybridized carbons (Fsp3) is 0.704. The number of nitrogens with zero attached hydrogens (tertiary/aromatic N) is 4. The lowest BCUT2D eigenvalue weighted by molar-refractivity contribution is -0.128. The van der Waals surface area contributed by atoms with Crippen molar-refractivity contribution in [1.29, 1.82) is 0 Å². The van der Waals surface area contributed by atoms with E-state index in [1.54, 1.807) is 0 Å². The van der Waals surface area contributed by atoms with E-state index in [2.05, 4.69) is 29.3 Å². The molecule has 0 aromatic carbocycles. The van der Waals surface area contributed by atoms with Crippen LogP contribution in [0.1, 0.15) is 69.6 Å². The second kappa shape index (κ2) is 9.74. The van der Waals surface area contributed by atoms with Crippen LogP contribution in [0.5, 0.6) is 5.88 Å². The standard InChI is InChI=1S/C27H37N5O4/c1-17(20-8-6-12-32(20)2)35-23-13-22(28-14-18-15-34-16-18)29-26(30-23)24-19-7-5-11-27(25(19)36-31-24)10-4-3-9-21(27)33/h13,17-18,20H,3-12,14-16H2,1-2H3,(H,28,29,30)/t17-,20-,27+/m0/s1. The van der Waals surface area contributed by atoms with Crippen molar-refractivity contribution in [3.8, 4) is 17.4 Å². The number of Topliss-reactive ketones (excluding diaryl/α,β-unsaturated/α-hetero) is 1. The minimum atomic E-state index is -0.516. The molecule has 4 aliphatic rings. The van der Waals surface area contributed by atoms with Crippen LogP contribution in [-0.2, 0) is 21.4 Å². The Bertz CT molecular complexity index is 1120. The monoisotopic (exact) mass is 495 g/mol. The summed E-state index contributed by atoms with van der Waals surface area (Å²) in [5.41, 5.74) is 1.13. The van der Waals surface area contributed by atoms with Gasteiger partial charge in [-0.05, 0) is 65.5 Å². The number of nitrogens with one attached hydrogen (secondary N) is 1. The van der Waals surface area contributed by atoms with E-state index in [0.717, 1.165) is 82.6 Å². The van der Waals surface area contributed by atoms with Crippen LogP contribution in [0.4, 0.5) is 5.82 Å². The SMILES string of the molecule is C[C@H](Oc1cc(NCC2COC2)nc(-c2noc3c2CCC[C@@]32CCCCC2=O)n1)[C@@H]1CCCN1C. The lowest BCUT2D eigenvalue weighted by Crippen LogP contribution is -2.41. The molecule has 9 nitrogen and oxygen atoms in total. The highest BCUT2D eigenvalue weighted by atomic mass is 16.5. The van der Waals surface area contributed by atoms with Crippen molar-refractivity contribution in [2.45, 2.75) is 82.3 Å². The molecule has 36 heavy (non-hydrogen) atoms. The van der Waals surface area contributed by atoms with Crippen LogP contribution in [0.25, 0.3) is 11.5 Å². The minimum absolute atomic E-state index is 0.00230. The fourth-order valence-corrected chi connectivity index (χ4v) is 6.50. The maximum Gasteiger partial charge on any atom is 0.219 e. The molecule has 2 aromatic rings. The molecule has 2 aliphatic carbocycles. The number of fused-ring (bicyclic) bond motifs is 2. The van der Waals surface area contributed by atoms with Gasteiger partial charge in [0.25, 0.3) is 0 Å². The summed E-state index contributed by atoms with van der Waals surface area (Å²) < 4.78 is 17.7. The molecule has 2 aromatic heterocycles. The van der Waals surface area contributed by atoms with Crippen molar-refractivity contribution >= 4 is 11.6 Å². The van der Waals surface area contributed by atoms with Gasteiger partial charge in [0.2, 0.25) is 5.88 Å². The summed E-state index contributed by atoms with van der Waals surface area (Å²) in [4.78, 5) is 25.1. The van der Waals surface area contributed by atoms with E-state index >= 15 is 0 Å². The number of rotatable bonds is 7. The van der Waals surface area contributed by atoms with Gasteiger partial charge in [-0.3, -0.25) is 9.69 Å². The van der Waals surface area contributed by atoms with Gasteiger partial charge in [0.1, 0.15) is 17.7 Å². The number of likely N-dealkylation sites (tertiary alicyclic amines) is 1. The van der Waals surface area contributed by atoms with Crippen molar-refractivity contribution in [2.75, 3.05) is 38.7 Å². The third-order valence-electron chi connectivity index (χ3n) is 8.66. The maximum atomic E-state index is 13.1. The number of aromatic nitrogens is 3. The molecular formula is C27H37N5O4. The zero-order valence-corrected chi connectivity index (χ0v) is 21.4. The quantitative estimate of drug-likeness (QED) is 0.615. The predicted octanol–water partition coefficient (Wildman–Crippen LogP) is 3.77. The van der Waals surface area contributed by atoms with Crippen molar-refractivity contribution in [1.82, 2.24) is 20.0 Å². The van der Waals surface area contributed by atoms with Gasteiger partial charge in [-0.25, -0.2) is 4.98 Å². The van der Waals surface area contributed by atoms with Crippen LogP contribution in [0.15, 0.2) is 10.6 Å². The molecule has 4 heterocycles.